The SMILES string of the molecule is C=C(C)CN1CC(Cc2cc(C)cc(C)c2)Oc2cc(O)ccc21. The molecule has 0 fully saturated rings. The molecule has 0 spiro atoms. The average Bonchev–Trinajstić information content (AvgIpc) is 2.44. The number of benzene rings is 2. The summed E-state index contributed by atoms with van der Waals surface area (Å²) in [4.78, 5) is 2.29. The van der Waals surface area contributed by atoms with E-state index in [1.807, 2.05) is 13.0 Å². The van der Waals surface area contributed by atoms with Gasteiger partial charge < -0.3 is 14.7 Å². The second-order valence-corrected chi connectivity index (χ2v) is 6.93. The van der Waals surface area contributed by atoms with Crippen LogP contribution in [0.25, 0.3) is 0 Å². The fraction of sp³-hybridized carbons (Fsp3) is 0.333. The Kier molecular flexibility index (Phi) is 4.52. The van der Waals surface area contributed by atoms with E-state index in [0.717, 1.165) is 36.5 Å². The standard InChI is InChI=1S/C21H25NO2/c1-14(2)12-22-13-19(10-17-8-15(3)7-16(4)9-17)24-21-11-18(23)5-6-20(21)22/h5-9,11,19,23H,1,10,12-13H2,2-4H3. The molecule has 1 aliphatic rings. The topological polar surface area (TPSA) is 32.7 Å². The number of hydrogen-bond acceptors (Lipinski definition) is 3. The number of aromatic hydroxyl groups is 1. The van der Waals surface area contributed by atoms with Crippen LogP contribution in [0.5, 0.6) is 11.5 Å². The lowest BCUT2D eigenvalue weighted by molar-refractivity contribution is 0.194. The minimum absolute atomic E-state index is 0.0554. The lowest BCUT2D eigenvalue weighted by Crippen LogP contribution is -2.41. The van der Waals surface area contributed by atoms with Gasteiger partial charge in [-0.15, -0.1) is 0 Å². The highest BCUT2D eigenvalue weighted by Crippen LogP contribution is 2.37. The van der Waals surface area contributed by atoms with Gasteiger partial charge >= 0.3 is 0 Å². The number of fused-ring (bicyclic) bond motifs is 1. The zero-order valence-electron chi connectivity index (χ0n) is 14.7. The van der Waals surface area contributed by atoms with E-state index in [2.05, 4.69) is 43.5 Å². The van der Waals surface area contributed by atoms with Crippen LogP contribution in [0.1, 0.15) is 23.6 Å². The van der Waals surface area contributed by atoms with Crippen molar-refractivity contribution in [3.05, 3.63) is 65.2 Å². The summed E-state index contributed by atoms with van der Waals surface area (Å²) in [5.74, 6) is 0.980. The fourth-order valence-corrected chi connectivity index (χ4v) is 3.45. The molecule has 1 unspecified atom stereocenters. The van der Waals surface area contributed by atoms with Gasteiger partial charge in [-0.3, -0.25) is 0 Å². The Morgan fingerprint density at radius 2 is 1.92 bits per heavy atom. The van der Waals surface area contributed by atoms with Crippen LogP contribution in [0.2, 0.25) is 0 Å². The number of aryl methyl sites for hydroxylation is 2. The summed E-state index contributed by atoms with van der Waals surface area (Å²) in [5.41, 5.74) is 5.97. The van der Waals surface area contributed by atoms with Gasteiger partial charge in [0.1, 0.15) is 17.6 Å². The molecule has 0 saturated heterocycles. The Morgan fingerprint density at radius 3 is 2.58 bits per heavy atom. The van der Waals surface area contributed by atoms with Crippen LogP contribution in [-0.2, 0) is 6.42 Å². The van der Waals surface area contributed by atoms with Crippen molar-refractivity contribution in [3.8, 4) is 11.5 Å². The molecule has 24 heavy (non-hydrogen) atoms. The molecule has 126 valence electrons. The monoisotopic (exact) mass is 323 g/mol. The summed E-state index contributed by atoms with van der Waals surface area (Å²) in [7, 11) is 0. The van der Waals surface area contributed by atoms with Gasteiger partial charge in [0.25, 0.3) is 0 Å². The maximum atomic E-state index is 9.79. The van der Waals surface area contributed by atoms with Gasteiger partial charge in [-0.05, 0) is 38.5 Å². The molecule has 1 atom stereocenters. The summed E-state index contributed by atoms with van der Waals surface area (Å²) >= 11 is 0. The molecule has 0 amide bonds. The van der Waals surface area contributed by atoms with Crippen molar-refractivity contribution in [1.29, 1.82) is 0 Å². The highest BCUT2D eigenvalue weighted by atomic mass is 16.5. The molecule has 1 N–H and O–H groups in total. The van der Waals surface area contributed by atoms with Gasteiger partial charge in [-0.1, -0.05) is 41.5 Å². The molecule has 0 saturated carbocycles. The van der Waals surface area contributed by atoms with Crippen LogP contribution in [0.15, 0.2) is 48.6 Å². The molecule has 2 aromatic carbocycles. The average molecular weight is 323 g/mol. The molecular formula is C21H25NO2. The van der Waals surface area contributed by atoms with E-state index < -0.39 is 0 Å². The minimum Gasteiger partial charge on any atom is -0.508 e. The minimum atomic E-state index is 0.0554. The second-order valence-electron chi connectivity index (χ2n) is 6.93. The fourth-order valence-electron chi connectivity index (χ4n) is 3.45. The van der Waals surface area contributed by atoms with Crippen LogP contribution < -0.4 is 9.64 Å². The number of ether oxygens (including phenoxy) is 1. The number of nitrogens with zero attached hydrogens (tertiary/aromatic N) is 1. The second kappa shape index (κ2) is 6.60. The predicted molar refractivity (Wildman–Crippen MR) is 99.2 cm³/mol. The van der Waals surface area contributed by atoms with Crippen molar-refractivity contribution < 1.29 is 9.84 Å². The first kappa shape index (κ1) is 16.4. The van der Waals surface area contributed by atoms with Crippen LogP contribution in [-0.4, -0.2) is 24.3 Å². The molecule has 2 aromatic rings. The van der Waals surface area contributed by atoms with Gasteiger partial charge in [0.2, 0.25) is 0 Å². The number of rotatable bonds is 4. The van der Waals surface area contributed by atoms with Crippen molar-refractivity contribution in [3.63, 3.8) is 0 Å². The highest BCUT2D eigenvalue weighted by molar-refractivity contribution is 5.63. The molecule has 0 bridgehead atoms. The van der Waals surface area contributed by atoms with Crippen molar-refractivity contribution in [1.82, 2.24) is 0 Å². The first-order valence-corrected chi connectivity index (χ1v) is 8.37. The van der Waals surface area contributed by atoms with E-state index >= 15 is 0 Å². The third-order valence-corrected chi connectivity index (χ3v) is 4.21. The Balaban J connectivity index is 1.86. The van der Waals surface area contributed by atoms with Crippen LogP contribution in [0.3, 0.4) is 0 Å². The summed E-state index contributed by atoms with van der Waals surface area (Å²) < 4.78 is 6.18. The van der Waals surface area contributed by atoms with Crippen LogP contribution >= 0.6 is 0 Å². The van der Waals surface area contributed by atoms with E-state index in [4.69, 9.17) is 4.74 Å². The Morgan fingerprint density at radius 1 is 1.21 bits per heavy atom. The number of phenolic OH excluding ortho intramolecular Hbond substituents is 1. The summed E-state index contributed by atoms with van der Waals surface area (Å²) in [6.45, 7) is 11.9. The molecule has 1 heterocycles. The lowest BCUT2D eigenvalue weighted by Gasteiger charge is -2.36. The molecule has 3 heteroatoms. The van der Waals surface area contributed by atoms with Crippen LogP contribution in [0, 0.1) is 13.8 Å². The Hall–Kier alpha value is -2.42. The summed E-state index contributed by atoms with van der Waals surface area (Å²) in [5, 5.41) is 9.79. The number of hydrogen-bond donors (Lipinski definition) is 1. The summed E-state index contributed by atoms with van der Waals surface area (Å²) in [6, 6.07) is 12.0. The third kappa shape index (κ3) is 3.73. The third-order valence-electron chi connectivity index (χ3n) is 4.21. The van der Waals surface area contributed by atoms with E-state index in [1.54, 1.807) is 12.1 Å². The molecule has 0 aromatic heterocycles. The maximum Gasteiger partial charge on any atom is 0.146 e. The van der Waals surface area contributed by atoms with Gasteiger partial charge in [0.05, 0.1) is 12.2 Å². The lowest BCUT2D eigenvalue weighted by atomic mass is 10.0. The Labute approximate surface area is 144 Å². The molecule has 3 rings (SSSR count). The van der Waals surface area contributed by atoms with Crippen molar-refractivity contribution in [2.75, 3.05) is 18.0 Å². The smallest absolute Gasteiger partial charge is 0.146 e. The van der Waals surface area contributed by atoms with Gasteiger partial charge in [0, 0.05) is 19.0 Å². The van der Waals surface area contributed by atoms with E-state index in [0.29, 0.717) is 0 Å². The quantitative estimate of drug-likeness (QED) is 0.847. The summed E-state index contributed by atoms with van der Waals surface area (Å²) in [6.07, 6.45) is 0.907. The van der Waals surface area contributed by atoms with E-state index in [9.17, 15) is 5.11 Å². The van der Waals surface area contributed by atoms with Crippen LogP contribution in [0.4, 0.5) is 5.69 Å². The number of phenols is 1. The first-order valence-electron chi connectivity index (χ1n) is 8.37. The zero-order valence-corrected chi connectivity index (χ0v) is 14.7. The largest absolute Gasteiger partial charge is 0.508 e. The van der Waals surface area contributed by atoms with E-state index in [-0.39, 0.29) is 11.9 Å². The first-order chi connectivity index (χ1) is 11.4. The Bertz CT molecular complexity index is 746. The molecule has 1 aliphatic heterocycles. The highest BCUT2D eigenvalue weighted by Gasteiger charge is 2.26. The van der Waals surface area contributed by atoms with Crippen molar-refractivity contribution in [2.24, 2.45) is 0 Å². The van der Waals surface area contributed by atoms with Gasteiger partial charge in [-0.25, -0.2) is 0 Å². The molecule has 0 aliphatic carbocycles. The van der Waals surface area contributed by atoms with Gasteiger partial charge in [0.15, 0.2) is 0 Å². The van der Waals surface area contributed by atoms with Crippen molar-refractivity contribution >= 4 is 5.69 Å². The maximum absolute atomic E-state index is 9.79. The molecular weight excluding hydrogens is 298 g/mol. The van der Waals surface area contributed by atoms with Crippen molar-refractivity contribution in [2.45, 2.75) is 33.3 Å². The number of anilines is 1. The van der Waals surface area contributed by atoms with E-state index in [1.165, 1.54) is 16.7 Å². The predicted octanol–water partition coefficient (Wildman–Crippen LogP) is 4.40. The molecule has 0 radical (unpaired) electrons. The normalized spacial score (nSPS) is 16.5. The zero-order chi connectivity index (χ0) is 17.3. The molecule has 3 nitrogen and oxygen atoms in total. The van der Waals surface area contributed by atoms with Gasteiger partial charge in [-0.2, -0.15) is 0 Å².